The molecule has 0 aromatic carbocycles. The van der Waals surface area contributed by atoms with Gasteiger partial charge in [-0.15, -0.1) is 0 Å². The molecule has 5 fully saturated rings. The molecule has 0 aromatic rings. The summed E-state index contributed by atoms with van der Waals surface area (Å²) in [6, 6.07) is 3.02. The average molecular weight is 629 g/mol. The summed E-state index contributed by atoms with van der Waals surface area (Å²) in [4.78, 5) is 16.8. The van der Waals surface area contributed by atoms with Gasteiger partial charge in [0.2, 0.25) is 0 Å². The number of hydrogen-bond acceptors (Lipinski definition) is 6. The fourth-order valence-electron chi connectivity index (χ4n) is 9.79. The van der Waals surface area contributed by atoms with Crippen molar-refractivity contribution in [3.8, 4) is 0 Å². The molecule has 5 aliphatic heterocycles. The lowest BCUT2D eigenvalue weighted by Crippen LogP contribution is -2.76. The van der Waals surface area contributed by atoms with Gasteiger partial charge in [0, 0.05) is 106 Å². The summed E-state index contributed by atoms with van der Waals surface area (Å²) >= 11 is 0. The van der Waals surface area contributed by atoms with E-state index in [0.29, 0.717) is 33.4 Å². The van der Waals surface area contributed by atoms with E-state index >= 15 is 0 Å². The summed E-state index contributed by atoms with van der Waals surface area (Å²) in [7, 11) is 0. The van der Waals surface area contributed by atoms with Crippen LogP contribution in [0.1, 0.15) is 122 Å². The van der Waals surface area contributed by atoms with Gasteiger partial charge >= 0.3 is 0 Å². The lowest BCUT2D eigenvalue weighted by atomic mass is 9.68. The van der Waals surface area contributed by atoms with Gasteiger partial charge in [-0.1, -0.05) is 34.6 Å². The van der Waals surface area contributed by atoms with Crippen molar-refractivity contribution in [1.82, 2.24) is 29.4 Å². The van der Waals surface area contributed by atoms with E-state index in [9.17, 15) is 0 Å². The minimum atomic E-state index is 0.307. The molecule has 6 heteroatoms. The summed E-state index contributed by atoms with van der Waals surface area (Å²) in [5, 5.41) is 0. The Labute approximate surface area is 280 Å². The zero-order valence-electron chi connectivity index (χ0n) is 32.2. The molecule has 2 unspecified atom stereocenters. The molecule has 5 heterocycles. The normalized spacial score (nSPS) is 32.5. The number of nitrogens with zero attached hydrogens (tertiary/aromatic N) is 6. The van der Waals surface area contributed by atoms with Crippen LogP contribution < -0.4 is 0 Å². The van der Waals surface area contributed by atoms with Crippen LogP contribution in [0.3, 0.4) is 0 Å². The molecule has 262 valence electrons. The van der Waals surface area contributed by atoms with Crippen LogP contribution in [-0.4, -0.2) is 143 Å². The molecule has 0 radical (unpaired) electrons. The van der Waals surface area contributed by atoms with Gasteiger partial charge in [-0.2, -0.15) is 0 Å². The Bertz CT molecular complexity index is 955. The third kappa shape index (κ3) is 8.87. The quantitative estimate of drug-likeness (QED) is 0.294. The van der Waals surface area contributed by atoms with E-state index < -0.39 is 0 Å². The monoisotopic (exact) mass is 629 g/mol. The zero-order valence-corrected chi connectivity index (χ0v) is 32.2. The van der Waals surface area contributed by atoms with Gasteiger partial charge < -0.3 is 9.80 Å². The third-order valence-electron chi connectivity index (χ3n) is 13.0. The molecule has 6 nitrogen and oxygen atoms in total. The maximum Gasteiger partial charge on any atom is 0.0212 e. The minimum Gasteiger partial charge on any atom is -0.300 e. The van der Waals surface area contributed by atoms with E-state index in [4.69, 9.17) is 0 Å². The largest absolute Gasteiger partial charge is 0.300 e. The van der Waals surface area contributed by atoms with E-state index in [1.807, 2.05) is 0 Å². The smallest absolute Gasteiger partial charge is 0.0212 e. The first-order valence-electron chi connectivity index (χ1n) is 19.2. The fourth-order valence-corrected chi connectivity index (χ4v) is 9.79. The van der Waals surface area contributed by atoms with Crippen molar-refractivity contribution in [2.75, 3.05) is 78.5 Å². The second-order valence-corrected chi connectivity index (χ2v) is 20.5. The van der Waals surface area contributed by atoms with Gasteiger partial charge in [-0.05, 0) is 111 Å². The molecule has 0 aromatic heterocycles. The Morgan fingerprint density at radius 1 is 0.556 bits per heavy atom. The average Bonchev–Trinajstić information content (AvgIpc) is 2.87. The SMILES string of the molecule is C[C@@H]1CC(N2CC3(C2)CN(C(C)(C)CCC(C)(C)CN2CCC(N4CCN(C(C)(C)C)CC4)C[C@@H]2C)C3)CCN1CC(C)(C)C. The number of rotatable bonds is 9. The Morgan fingerprint density at radius 2 is 1.07 bits per heavy atom. The van der Waals surface area contributed by atoms with E-state index in [-0.39, 0.29) is 0 Å². The van der Waals surface area contributed by atoms with Crippen LogP contribution in [0.4, 0.5) is 0 Å². The summed E-state index contributed by atoms with van der Waals surface area (Å²) in [6.07, 6.45) is 8.06. The molecule has 0 saturated carbocycles. The molecular weight excluding hydrogens is 552 g/mol. The van der Waals surface area contributed by atoms with Gasteiger partial charge in [0.1, 0.15) is 0 Å². The highest BCUT2D eigenvalue weighted by Gasteiger charge is 2.56. The summed E-state index contributed by atoms with van der Waals surface area (Å²) in [5.74, 6) is 0. The second kappa shape index (κ2) is 13.2. The van der Waals surface area contributed by atoms with Crippen molar-refractivity contribution in [2.45, 2.75) is 157 Å². The lowest BCUT2D eigenvalue weighted by molar-refractivity contribution is -0.167. The summed E-state index contributed by atoms with van der Waals surface area (Å²) in [6.45, 7) is 44.8. The number of piperidine rings is 2. The molecule has 1 spiro atoms. The van der Waals surface area contributed by atoms with Crippen molar-refractivity contribution in [3.63, 3.8) is 0 Å². The molecule has 5 rings (SSSR count). The van der Waals surface area contributed by atoms with Crippen LogP contribution >= 0.6 is 0 Å². The highest BCUT2D eigenvalue weighted by Crippen LogP contribution is 2.46. The maximum absolute atomic E-state index is 2.86. The van der Waals surface area contributed by atoms with E-state index in [0.717, 1.165) is 18.1 Å². The summed E-state index contributed by atoms with van der Waals surface area (Å²) < 4.78 is 0. The van der Waals surface area contributed by atoms with Gasteiger partial charge in [0.05, 0.1) is 0 Å². The van der Waals surface area contributed by atoms with Gasteiger partial charge in [0.25, 0.3) is 0 Å². The van der Waals surface area contributed by atoms with E-state index in [2.05, 4.69) is 112 Å². The molecule has 5 saturated heterocycles. The molecule has 0 bridgehead atoms. The fraction of sp³-hybridized carbons (Fsp3) is 1.00. The molecule has 4 atom stereocenters. The van der Waals surface area contributed by atoms with Crippen LogP contribution in [0.5, 0.6) is 0 Å². The first kappa shape index (κ1) is 36.1. The van der Waals surface area contributed by atoms with E-state index in [1.165, 1.54) is 117 Å². The maximum atomic E-state index is 2.86. The molecule has 0 amide bonds. The van der Waals surface area contributed by atoms with Gasteiger partial charge in [-0.25, -0.2) is 0 Å². The predicted octanol–water partition coefficient (Wildman–Crippen LogP) is 6.36. The zero-order chi connectivity index (χ0) is 33.0. The molecule has 5 aliphatic rings. The van der Waals surface area contributed by atoms with Crippen molar-refractivity contribution in [1.29, 1.82) is 0 Å². The molecule has 0 aliphatic carbocycles. The van der Waals surface area contributed by atoms with Crippen molar-refractivity contribution in [3.05, 3.63) is 0 Å². The Hall–Kier alpha value is -0.240. The third-order valence-corrected chi connectivity index (χ3v) is 13.0. The number of piperazine rings is 1. The standard InChI is InChI=1S/C39H76N6/c1-31-24-34(14-17-41(31)25-35(3,4)5)43-27-39(28-43)29-45(30-39)38(11,12)16-15-37(9,10)26-42-18-13-33(23-32(42)2)40-19-21-44(22-20-40)36(6,7)8/h31-34H,13-30H2,1-12H3/t31-,32+,33?,34?/m1/s1. The molecular formula is C39H76N6. The van der Waals surface area contributed by atoms with Crippen LogP contribution in [0, 0.1) is 16.2 Å². The van der Waals surface area contributed by atoms with Crippen molar-refractivity contribution in [2.24, 2.45) is 16.2 Å². The van der Waals surface area contributed by atoms with Gasteiger partial charge in [0.15, 0.2) is 0 Å². The molecule has 0 N–H and O–H groups in total. The van der Waals surface area contributed by atoms with Crippen LogP contribution in [0.2, 0.25) is 0 Å². The topological polar surface area (TPSA) is 19.4 Å². The van der Waals surface area contributed by atoms with Crippen molar-refractivity contribution >= 4 is 0 Å². The second-order valence-electron chi connectivity index (χ2n) is 20.5. The Morgan fingerprint density at radius 3 is 1.56 bits per heavy atom. The number of hydrogen-bond donors (Lipinski definition) is 0. The predicted molar refractivity (Wildman–Crippen MR) is 193 cm³/mol. The molecule has 45 heavy (non-hydrogen) atoms. The first-order valence-corrected chi connectivity index (χ1v) is 19.2. The first-order chi connectivity index (χ1) is 20.7. The van der Waals surface area contributed by atoms with Crippen LogP contribution in [0.15, 0.2) is 0 Å². The van der Waals surface area contributed by atoms with Gasteiger partial charge in [-0.3, -0.25) is 19.6 Å². The highest BCUT2D eigenvalue weighted by atomic mass is 15.4. The Balaban J connectivity index is 1.00. The Kier molecular flexibility index (Phi) is 10.6. The summed E-state index contributed by atoms with van der Waals surface area (Å²) in [5.41, 5.74) is 1.98. The van der Waals surface area contributed by atoms with Crippen LogP contribution in [0.25, 0.3) is 0 Å². The van der Waals surface area contributed by atoms with Crippen LogP contribution in [-0.2, 0) is 0 Å². The minimum absolute atomic E-state index is 0.307. The van der Waals surface area contributed by atoms with Crippen molar-refractivity contribution < 1.29 is 0 Å². The highest BCUT2D eigenvalue weighted by molar-refractivity contribution is 5.10. The lowest BCUT2D eigenvalue weighted by Gasteiger charge is -2.66. The number of likely N-dealkylation sites (tertiary alicyclic amines) is 4. The van der Waals surface area contributed by atoms with E-state index in [1.54, 1.807) is 0 Å².